The Morgan fingerprint density at radius 1 is 1.67 bits per heavy atom. The number of aliphatic hydroxyl groups excluding tert-OH is 1. The zero-order valence-electron chi connectivity index (χ0n) is 9.61. The molecule has 84 valence electrons. The van der Waals surface area contributed by atoms with Crippen LogP contribution >= 0.6 is 0 Å². The third kappa shape index (κ3) is 1.93. The first kappa shape index (κ1) is 10.7. The lowest BCUT2D eigenvalue weighted by Crippen LogP contribution is -2.23. The van der Waals surface area contributed by atoms with E-state index in [0.717, 1.165) is 32.2 Å². The third-order valence-corrected chi connectivity index (χ3v) is 3.49. The molecule has 1 aromatic heterocycles. The van der Waals surface area contributed by atoms with E-state index in [1.807, 2.05) is 6.20 Å². The molecule has 1 fully saturated rings. The van der Waals surface area contributed by atoms with Crippen LogP contribution in [-0.2, 0) is 12.0 Å². The molecule has 3 nitrogen and oxygen atoms in total. The molecule has 2 atom stereocenters. The second-order valence-corrected chi connectivity index (χ2v) is 4.90. The van der Waals surface area contributed by atoms with Crippen LogP contribution in [-0.4, -0.2) is 21.0 Å². The Hall–Kier alpha value is -0.830. The van der Waals surface area contributed by atoms with Gasteiger partial charge in [-0.1, -0.05) is 13.8 Å². The molecular formula is C12H20N2O. The van der Waals surface area contributed by atoms with E-state index in [2.05, 4.69) is 29.7 Å². The van der Waals surface area contributed by atoms with Gasteiger partial charge in [0.1, 0.15) is 0 Å². The lowest BCUT2D eigenvalue weighted by Gasteiger charge is -2.24. The Bertz CT molecular complexity index is 334. The van der Waals surface area contributed by atoms with E-state index in [1.54, 1.807) is 0 Å². The quantitative estimate of drug-likeness (QED) is 0.826. The zero-order chi connectivity index (χ0) is 10.9. The van der Waals surface area contributed by atoms with Crippen molar-refractivity contribution in [1.82, 2.24) is 9.78 Å². The van der Waals surface area contributed by atoms with Crippen LogP contribution in [0.4, 0.5) is 0 Å². The van der Waals surface area contributed by atoms with Gasteiger partial charge in [-0.25, -0.2) is 0 Å². The van der Waals surface area contributed by atoms with E-state index < -0.39 is 0 Å². The van der Waals surface area contributed by atoms with Gasteiger partial charge in [-0.15, -0.1) is 0 Å². The number of hydrogen-bond acceptors (Lipinski definition) is 2. The normalized spacial score (nSPS) is 31.0. The van der Waals surface area contributed by atoms with Crippen LogP contribution in [0.25, 0.3) is 0 Å². The van der Waals surface area contributed by atoms with Crippen molar-refractivity contribution in [3.8, 4) is 0 Å². The molecule has 0 bridgehead atoms. The molecule has 0 aromatic carbocycles. The van der Waals surface area contributed by atoms with E-state index in [0.29, 0.717) is 0 Å². The van der Waals surface area contributed by atoms with Gasteiger partial charge in [0.2, 0.25) is 0 Å². The lowest BCUT2D eigenvalue weighted by molar-refractivity contribution is 0.174. The largest absolute Gasteiger partial charge is 0.393 e. The molecule has 2 rings (SSSR count). The molecule has 1 N–H and O–H groups in total. The Morgan fingerprint density at radius 2 is 2.47 bits per heavy atom. The number of hydrogen-bond donors (Lipinski definition) is 1. The number of aryl methyl sites for hydroxylation is 1. The molecule has 1 aliphatic rings. The van der Waals surface area contributed by atoms with Crippen molar-refractivity contribution in [1.29, 1.82) is 0 Å². The second kappa shape index (κ2) is 3.97. The zero-order valence-corrected chi connectivity index (χ0v) is 9.61. The SMILES string of the molecule is CCCn1nccc1C1(C)CCC(O)C1. The maximum absolute atomic E-state index is 9.65. The molecule has 0 saturated heterocycles. The number of rotatable bonds is 3. The highest BCUT2D eigenvalue weighted by Crippen LogP contribution is 2.40. The molecule has 1 aliphatic carbocycles. The fourth-order valence-corrected chi connectivity index (χ4v) is 2.68. The van der Waals surface area contributed by atoms with Gasteiger partial charge in [0.15, 0.2) is 0 Å². The molecule has 1 heterocycles. The summed E-state index contributed by atoms with van der Waals surface area (Å²) in [5.41, 5.74) is 1.42. The average molecular weight is 208 g/mol. The van der Waals surface area contributed by atoms with Crippen LogP contribution in [0.15, 0.2) is 12.3 Å². The van der Waals surface area contributed by atoms with E-state index in [4.69, 9.17) is 0 Å². The molecule has 0 spiro atoms. The van der Waals surface area contributed by atoms with Crippen molar-refractivity contribution in [2.75, 3.05) is 0 Å². The molecule has 0 amide bonds. The Morgan fingerprint density at radius 3 is 3.07 bits per heavy atom. The highest BCUT2D eigenvalue weighted by Gasteiger charge is 2.37. The smallest absolute Gasteiger partial charge is 0.0549 e. The monoisotopic (exact) mass is 208 g/mol. The molecule has 2 unspecified atom stereocenters. The minimum atomic E-state index is -0.125. The minimum Gasteiger partial charge on any atom is -0.393 e. The van der Waals surface area contributed by atoms with Gasteiger partial charge >= 0.3 is 0 Å². The summed E-state index contributed by atoms with van der Waals surface area (Å²) in [6, 6.07) is 2.10. The topological polar surface area (TPSA) is 38.0 Å². The first-order valence-corrected chi connectivity index (χ1v) is 5.86. The van der Waals surface area contributed by atoms with Crippen molar-refractivity contribution in [3.05, 3.63) is 18.0 Å². The average Bonchev–Trinajstić information content (AvgIpc) is 2.75. The number of nitrogens with zero attached hydrogens (tertiary/aromatic N) is 2. The van der Waals surface area contributed by atoms with Crippen LogP contribution in [0.5, 0.6) is 0 Å². The Balaban J connectivity index is 2.24. The highest BCUT2D eigenvalue weighted by molar-refractivity contribution is 5.17. The van der Waals surface area contributed by atoms with Gasteiger partial charge in [-0.2, -0.15) is 5.10 Å². The number of aromatic nitrogens is 2. The van der Waals surface area contributed by atoms with Gasteiger partial charge < -0.3 is 5.11 Å². The van der Waals surface area contributed by atoms with Gasteiger partial charge in [-0.3, -0.25) is 4.68 Å². The van der Waals surface area contributed by atoms with Gasteiger partial charge in [-0.05, 0) is 31.7 Å². The van der Waals surface area contributed by atoms with Gasteiger partial charge in [0, 0.05) is 23.9 Å². The summed E-state index contributed by atoms with van der Waals surface area (Å²) < 4.78 is 2.10. The summed E-state index contributed by atoms with van der Waals surface area (Å²) in [6.07, 6.45) is 5.73. The molecule has 15 heavy (non-hydrogen) atoms. The van der Waals surface area contributed by atoms with Gasteiger partial charge in [0.05, 0.1) is 6.10 Å². The maximum Gasteiger partial charge on any atom is 0.0549 e. The van der Waals surface area contributed by atoms with E-state index in [-0.39, 0.29) is 11.5 Å². The van der Waals surface area contributed by atoms with Crippen LogP contribution < -0.4 is 0 Å². The van der Waals surface area contributed by atoms with Crippen molar-refractivity contribution in [2.45, 2.75) is 57.6 Å². The van der Waals surface area contributed by atoms with Crippen molar-refractivity contribution >= 4 is 0 Å². The third-order valence-electron chi connectivity index (χ3n) is 3.49. The minimum absolute atomic E-state index is 0.125. The molecule has 3 heteroatoms. The van der Waals surface area contributed by atoms with Crippen molar-refractivity contribution < 1.29 is 5.11 Å². The van der Waals surface area contributed by atoms with Crippen LogP contribution in [0, 0.1) is 0 Å². The summed E-state index contributed by atoms with van der Waals surface area (Å²) in [4.78, 5) is 0. The standard InChI is InChI=1S/C12H20N2O/c1-3-8-14-11(5-7-13-14)12(2)6-4-10(15)9-12/h5,7,10,15H,3-4,6,8-9H2,1-2H3. The summed E-state index contributed by atoms with van der Waals surface area (Å²) in [7, 11) is 0. The van der Waals surface area contributed by atoms with Crippen molar-refractivity contribution in [2.24, 2.45) is 0 Å². The van der Waals surface area contributed by atoms with Crippen LogP contribution in [0.2, 0.25) is 0 Å². The molecule has 1 saturated carbocycles. The first-order valence-electron chi connectivity index (χ1n) is 5.86. The first-order chi connectivity index (χ1) is 7.15. The molecule has 1 aromatic rings. The second-order valence-electron chi connectivity index (χ2n) is 4.90. The Kier molecular flexibility index (Phi) is 2.83. The summed E-state index contributed by atoms with van der Waals surface area (Å²) in [5, 5.41) is 14.0. The summed E-state index contributed by atoms with van der Waals surface area (Å²) in [6.45, 7) is 5.39. The summed E-state index contributed by atoms with van der Waals surface area (Å²) in [5.74, 6) is 0. The lowest BCUT2D eigenvalue weighted by atomic mass is 9.85. The maximum atomic E-state index is 9.65. The van der Waals surface area contributed by atoms with E-state index in [9.17, 15) is 5.11 Å². The molecule has 0 aliphatic heterocycles. The van der Waals surface area contributed by atoms with E-state index in [1.165, 1.54) is 5.69 Å². The fraction of sp³-hybridized carbons (Fsp3) is 0.750. The van der Waals surface area contributed by atoms with E-state index >= 15 is 0 Å². The molecular weight excluding hydrogens is 188 g/mol. The molecule has 0 radical (unpaired) electrons. The van der Waals surface area contributed by atoms with Crippen LogP contribution in [0.1, 0.15) is 45.2 Å². The predicted octanol–water partition coefficient (Wildman–Crippen LogP) is 2.10. The highest BCUT2D eigenvalue weighted by atomic mass is 16.3. The van der Waals surface area contributed by atoms with Crippen molar-refractivity contribution in [3.63, 3.8) is 0 Å². The number of aliphatic hydroxyl groups is 1. The predicted molar refractivity (Wildman–Crippen MR) is 59.7 cm³/mol. The summed E-state index contributed by atoms with van der Waals surface area (Å²) >= 11 is 0. The van der Waals surface area contributed by atoms with Gasteiger partial charge in [0.25, 0.3) is 0 Å². The Labute approximate surface area is 91.1 Å². The fourth-order valence-electron chi connectivity index (χ4n) is 2.68. The van der Waals surface area contributed by atoms with Crippen LogP contribution in [0.3, 0.4) is 0 Å².